The molecule has 0 aromatic heterocycles. The molecule has 0 saturated carbocycles. The number of fused-ring (bicyclic) bond motifs is 1. The van der Waals surface area contributed by atoms with Gasteiger partial charge in [-0.05, 0) is 43.0 Å². The van der Waals surface area contributed by atoms with E-state index in [0.717, 1.165) is 0 Å². The minimum Gasteiger partial charge on any atom is -0.490 e. The van der Waals surface area contributed by atoms with Crippen LogP contribution in [0.4, 0.5) is 4.39 Å². The van der Waals surface area contributed by atoms with Crippen molar-refractivity contribution in [2.45, 2.75) is 60.0 Å². The highest BCUT2D eigenvalue weighted by molar-refractivity contribution is 6.06. The van der Waals surface area contributed by atoms with E-state index in [2.05, 4.69) is 0 Å². The molecule has 0 aliphatic carbocycles. The first-order valence-electron chi connectivity index (χ1n) is 13.8. The zero-order valence-corrected chi connectivity index (χ0v) is 25.6. The molecule has 11 heteroatoms. The summed E-state index contributed by atoms with van der Waals surface area (Å²) in [7, 11) is 2.89. The highest BCUT2D eigenvalue weighted by Crippen LogP contribution is 2.40. The molecule has 228 valence electrons. The second-order valence-electron chi connectivity index (χ2n) is 11.0. The van der Waals surface area contributed by atoms with Crippen molar-refractivity contribution in [2.24, 2.45) is 0 Å². The number of hydrogen-bond donors (Lipinski definition) is 1. The predicted molar refractivity (Wildman–Crippen MR) is 155 cm³/mol. The molecule has 0 unspecified atom stereocenters. The molecule has 2 aromatic rings. The van der Waals surface area contributed by atoms with Crippen LogP contribution in [-0.4, -0.2) is 73.8 Å². The Morgan fingerprint density at radius 2 is 1.71 bits per heavy atom. The van der Waals surface area contributed by atoms with Crippen molar-refractivity contribution in [3.63, 3.8) is 0 Å². The lowest BCUT2D eigenvalue weighted by molar-refractivity contribution is -0.143. The fourth-order valence-electron chi connectivity index (χ4n) is 4.68. The Kier molecular flexibility index (Phi) is 10.2. The average Bonchev–Trinajstić information content (AvgIpc) is 3.23. The third kappa shape index (κ3) is 7.00. The van der Waals surface area contributed by atoms with Gasteiger partial charge in [-0.15, -0.1) is 0 Å². The van der Waals surface area contributed by atoms with Crippen molar-refractivity contribution in [2.75, 3.05) is 40.5 Å². The van der Waals surface area contributed by atoms with Crippen LogP contribution in [0.25, 0.3) is 0 Å². The van der Waals surface area contributed by atoms with E-state index < -0.39 is 17.2 Å². The van der Waals surface area contributed by atoms with Crippen molar-refractivity contribution >= 4 is 23.5 Å². The number of amidine groups is 1. The molecule has 1 aliphatic rings. The SMILES string of the molecule is CCOc1cc2c(c(F)c1OCC)C(=N)N(CC(=O)c1cc(CN(C)C(C)=O)c(OCC(=O)OC)c(C(C)(C)C)c1)C2. The van der Waals surface area contributed by atoms with E-state index in [-0.39, 0.29) is 67.4 Å². The lowest BCUT2D eigenvalue weighted by Crippen LogP contribution is -2.31. The molecule has 0 spiro atoms. The largest absolute Gasteiger partial charge is 0.490 e. The van der Waals surface area contributed by atoms with Gasteiger partial charge in [0.25, 0.3) is 0 Å². The van der Waals surface area contributed by atoms with Crippen LogP contribution in [0.2, 0.25) is 0 Å². The molecular formula is C31H40FN3O7. The summed E-state index contributed by atoms with van der Waals surface area (Å²) in [5.74, 6) is -1.26. The summed E-state index contributed by atoms with van der Waals surface area (Å²) in [5.41, 5.74) is 1.66. The number of carbonyl (C=O) groups excluding carboxylic acids is 3. The summed E-state index contributed by atoms with van der Waals surface area (Å²) in [6, 6.07) is 5.00. The Hall–Kier alpha value is -4.15. The smallest absolute Gasteiger partial charge is 0.343 e. The van der Waals surface area contributed by atoms with E-state index in [1.54, 1.807) is 39.1 Å². The van der Waals surface area contributed by atoms with E-state index in [0.29, 0.717) is 34.6 Å². The second kappa shape index (κ2) is 13.2. The molecule has 1 amide bonds. The topological polar surface area (TPSA) is 118 Å². The van der Waals surface area contributed by atoms with Gasteiger partial charge in [0.05, 0.1) is 32.4 Å². The van der Waals surface area contributed by atoms with E-state index >= 15 is 4.39 Å². The highest BCUT2D eigenvalue weighted by Gasteiger charge is 2.34. The van der Waals surface area contributed by atoms with Gasteiger partial charge >= 0.3 is 5.97 Å². The number of esters is 1. The number of rotatable bonds is 12. The molecule has 1 aliphatic heterocycles. The number of benzene rings is 2. The van der Waals surface area contributed by atoms with Crippen LogP contribution in [0, 0.1) is 11.2 Å². The Morgan fingerprint density at radius 3 is 2.29 bits per heavy atom. The molecule has 2 aromatic carbocycles. The van der Waals surface area contributed by atoms with Gasteiger partial charge in [-0.25, -0.2) is 9.18 Å². The van der Waals surface area contributed by atoms with Crippen molar-refractivity contribution in [1.82, 2.24) is 9.80 Å². The number of nitrogens with one attached hydrogen (secondary N) is 1. The fraction of sp³-hybridized carbons (Fsp3) is 0.484. The monoisotopic (exact) mass is 585 g/mol. The zero-order valence-electron chi connectivity index (χ0n) is 25.6. The van der Waals surface area contributed by atoms with Gasteiger partial charge < -0.3 is 28.7 Å². The summed E-state index contributed by atoms with van der Waals surface area (Å²) in [5, 5.41) is 8.69. The normalized spacial score (nSPS) is 12.6. The number of ketones is 1. The van der Waals surface area contributed by atoms with Gasteiger partial charge in [0.1, 0.15) is 11.6 Å². The van der Waals surface area contributed by atoms with Crippen molar-refractivity contribution in [1.29, 1.82) is 5.41 Å². The van der Waals surface area contributed by atoms with Gasteiger partial charge in [0, 0.05) is 43.8 Å². The molecule has 0 atom stereocenters. The molecule has 0 fully saturated rings. The van der Waals surface area contributed by atoms with Crippen LogP contribution in [0.3, 0.4) is 0 Å². The first kappa shape index (κ1) is 32.4. The molecule has 10 nitrogen and oxygen atoms in total. The first-order chi connectivity index (χ1) is 19.7. The fourth-order valence-corrected chi connectivity index (χ4v) is 4.68. The molecule has 1 heterocycles. The number of nitrogens with zero attached hydrogens (tertiary/aromatic N) is 2. The highest BCUT2D eigenvalue weighted by atomic mass is 19.1. The summed E-state index contributed by atoms with van der Waals surface area (Å²) in [4.78, 5) is 40.6. The number of methoxy groups -OCH3 is 1. The van der Waals surface area contributed by atoms with Crippen LogP contribution in [0.15, 0.2) is 18.2 Å². The summed E-state index contributed by atoms with van der Waals surface area (Å²) < 4.78 is 37.2. The van der Waals surface area contributed by atoms with Crippen LogP contribution in [0.1, 0.15) is 74.2 Å². The summed E-state index contributed by atoms with van der Waals surface area (Å²) in [6.07, 6.45) is 0. The molecular weight excluding hydrogens is 545 g/mol. The number of carbonyl (C=O) groups is 3. The number of halogens is 1. The van der Waals surface area contributed by atoms with Crippen LogP contribution >= 0.6 is 0 Å². The van der Waals surface area contributed by atoms with Gasteiger partial charge in [-0.2, -0.15) is 0 Å². The van der Waals surface area contributed by atoms with Gasteiger partial charge in [-0.1, -0.05) is 20.8 Å². The number of amides is 1. The minimum atomic E-state index is -0.686. The molecule has 0 radical (unpaired) electrons. The third-order valence-electron chi connectivity index (χ3n) is 6.91. The predicted octanol–water partition coefficient (Wildman–Crippen LogP) is 4.47. The summed E-state index contributed by atoms with van der Waals surface area (Å²) >= 11 is 0. The Bertz CT molecular complexity index is 1380. The maximum absolute atomic E-state index is 15.5. The minimum absolute atomic E-state index is 0.0485. The number of hydrogen-bond acceptors (Lipinski definition) is 8. The van der Waals surface area contributed by atoms with E-state index in [1.165, 1.54) is 23.8 Å². The van der Waals surface area contributed by atoms with Gasteiger partial charge in [0.15, 0.2) is 29.7 Å². The van der Waals surface area contributed by atoms with Crippen LogP contribution in [0.5, 0.6) is 17.2 Å². The number of Topliss-reactive ketones (excluding diaryl/α,β-unsaturated/α-hetero) is 1. The zero-order chi connectivity index (χ0) is 31.4. The Balaban J connectivity index is 2.01. The second-order valence-corrected chi connectivity index (χ2v) is 11.0. The summed E-state index contributed by atoms with van der Waals surface area (Å²) in [6.45, 7) is 11.1. The van der Waals surface area contributed by atoms with Crippen molar-refractivity contribution in [3.8, 4) is 17.2 Å². The van der Waals surface area contributed by atoms with Crippen LogP contribution < -0.4 is 14.2 Å². The maximum atomic E-state index is 15.5. The first-order valence-corrected chi connectivity index (χ1v) is 13.8. The molecule has 0 saturated heterocycles. The molecule has 0 bridgehead atoms. The standard InChI is InChI=1S/C31H40FN3O7/c1-9-40-24-13-20-15-35(30(33)26(20)27(32)29(24)41-10-2)16-23(37)19-11-21(14-34(7)18(3)36)28(42-17-25(38)39-8)22(12-19)31(4,5)6/h11-13,33H,9-10,14-17H2,1-8H3. The number of ether oxygens (including phenoxy) is 4. The Labute approximate surface area is 246 Å². The maximum Gasteiger partial charge on any atom is 0.343 e. The average molecular weight is 586 g/mol. The molecule has 1 N–H and O–H groups in total. The quantitative estimate of drug-likeness (QED) is 0.286. The van der Waals surface area contributed by atoms with Crippen molar-refractivity contribution < 1.29 is 37.7 Å². The lowest BCUT2D eigenvalue weighted by atomic mass is 9.83. The molecule has 42 heavy (non-hydrogen) atoms. The Morgan fingerprint density at radius 1 is 1.05 bits per heavy atom. The molecule has 3 rings (SSSR count). The van der Waals surface area contributed by atoms with Crippen molar-refractivity contribution in [3.05, 3.63) is 51.8 Å². The van der Waals surface area contributed by atoms with Gasteiger partial charge in [0.2, 0.25) is 5.91 Å². The van der Waals surface area contributed by atoms with E-state index in [1.807, 2.05) is 20.8 Å². The third-order valence-corrected chi connectivity index (χ3v) is 6.91. The lowest BCUT2D eigenvalue weighted by Gasteiger charge is -2.27. The van der Waals surface area contributed by atoms with E-state index in [4.69, 9.17) is 24.4 Å². The van der Waals surface area contributed by atoms with E-state index in [9.17, 15) is 14.4 Å². The van der Waals surface area contributed by atoms with Crippen LogP contribution in [-0.2, 0) is 32.8 Å². The van der Waals surface area contributed by atoms with Gasteiger partial charge in [-0.3, -0.25) is 15.0 Å².